The molecule has 84 valence electrons. The summed E-state index contributed by atoms with van der Waals surface area (Å²) in [5.74, 6) is 0.755. The average Bonchev–Trinajstić information content (AvgIpc) is 2.78. The second kappa shape index (κ2) is 4.93. The van der Waals surface area contributed by atoms with E-state index >= 15 is 0 Å². The van der Waals surface area contributed by atoms with Gasteiger partial charge in [-0.1, -0.05) is 25.6 Å². The summed E-state index contributed by atoms with van der Waals surface area (Å²) in [7, 11) is 0. The molecule has 2 rings (SSSR count). The van der Waals surface area contributed by atoms with Gasteiger partial charge >= 0.3 is 0 Å². The molecule has 0 radical (unpaired) electrons. The van der Waals surface area contributed by atoms with Crippen molar-refractivity contribution in [1.82, 2.24) is 9.97 Å². The lowest BCUT2D eigenvalue weighted by atomic mass is 10.2. The quantitative estimate of drug-likeness (QED) is 0.867. The number of rotatable bonds is 3. The zero-order valence-corrected chi connectivity index (χ0v) is 11.2. The van der Waals surface area contributed by atoms with E-state index in [0.29, 0.717) is 4.64 Å². The van der Waals surface area contributed by atoms with E-state index in [9.17, 15) is 0 Å². The molecular weight excluding hydrogens is 288 g/mol. The van der Waals surface area contributed by atoms with E-state index in [1.807, 2.05) is 6.07 Å². The molecule has 0 saturated carbocycles. The second-order valence-electron chi connectivity index (χ2n) is 3.45. The topological polar surface area (TPSA) is 41.8 Å². The Bertz CT molecular complexity index is 533. The van der Waals surface area contributed by atoms with Crippen molar-refractivity contribution < 1.29 is 4.42 Å². The van der Waals surface area contributed by atoms with Crippen molar-refractivity contribution in [2.75, 3.05) is 0 Å². The lowest BCUT2D eigenvalue weighted by Gasteiger charge is -2.06. The Morgan fingerprint density at radius 1 is 1.56 bits per heavy atom. The molecule has 2 aromatic heterocycles. The average molecular weight is 299 g/mol. The largest absolute Gasteiger partial charge is 0.472 e. The van der Waals surface area contributed by atoms with E-state index in [4.69, 9.17) is 16.6 Å². The molecular formula is C11H11BrN2OS. The van der Waals surface area contributed by atoms with E-state index in [-0.39, 0.29) is 0 Å². The van der Waals surface area contributed by atoms with Crippen molar-refractivity contribution >= 4 is 28.1 Å². The molecule has 0 spiro atoms. The minimum absolute atomic E-state index is 0.582. The molecule has 5 heteroatoms. The summed E-state index contributed by atoms with van der Waals surface area (Å²) in [6.07, 6.45) is 5.27. The van der Waals surface area contributed by atoms with Gasteiger partial charge in [0.05, 0.1) is 16.3 Å². The first-order valence-corrected chi connectivity index (χ1v) is 6.23. The first-order chi connectivity index (χ1) is 7.72. The monoisotopic (exact) mass is 298 g/mol. The van der Waals surface area contributed by atoms with Gasteiger partial charge in [-0.15, -0.1) is 0 Å². The van der Waals surface area contributed by atoms with Crippen molar-refractivity contribution in [2.45, 2.75) is 19.8 Å². The highest BCUT2D eigenvalue weighted by atomic mass is 79.9. The number of halogens is 1. The third-order valence-electron chi connectivity index (χ3n) is 2.23. The number of hydrogen-bond donors (Lipinski definition) is 1. The van der Waals surface area contributed by atoms with Crippen LogP contribution in [-0.4, -0.2) is 9.97 Å². The molecule has 0 aromatic carbocycles. The number of H-pyrrole nitrogens is 1. The molecule has 0 aliphatic carbocycles. The number of hydrogen-bond acceptors (Lipinski definition) is 3. The van der Waals surface area contributed by atoms with Crippen molar-refractivity contribution in [2.24, 2.45) is 0 Å². The van der Waals surface area contributed by atoms with E-state index in [2.05, 4.69) is 32.8 Å². The highest BCUT2D eigenvalue weighted by Gasteiger charge is 2.07. The molecule has 0 bridgehead atoms. The third kappa shape index (κ3) is 2.25. The fourth-order valence-corrected chi connectivity index (χ4v) is 2.06. The van der Waals surface area contributed by atoms with Crippen LogP contribution < -0.4 is 0 Å². The van der Waals surface area contributed by atoms with Crippen LogP contribution in [-0.2, 0) is 6.42 Å². The normalized spacial score (nSPS) is 10.6. The van der Waals surface area contributed by atoms with Crippen molar-refractivity contribution in [3.63, 3.8) is 0 Å². The van der Waals surface area contributed by atoms with Gasteiger partial charge in [0.15, 0.2) is 0 Å². The maximum atomic E-state index is 5.21. The van der Waals surface area contributed by atoms with E-state index < -0.39 is 0 Å². The number of furan rings is 1. The molecule has 16 heavy (non-hydrogen) atoms. The number of nitrogens with zero attached hydrogens (tertiary/aromatic N) is 1. The third-order valence-corrected chi connectivity index (χ3v) is 3.64. The van der Waals surface area contributed by atoms with Gasteiger partial charge in [-0.2, -0.15) is 0 Å². The summed E-state index contributed by atoms with van der Waals surface area (Å²) < 4.78 is 6.50. The summed E-state index contributed by atoms with van der Waals surface area (Å²) >= 11 is 8.67. The van der Waals surface area contributed by atoms with Crippen LogP contribution in [0, 0.1) is 4.64 Å². The van der Waals surface area contributed by atoms with E-state index in [1.165, 1.54) is 0 Å². The first kappa shape index (κ1) is 11.5. The molecule has 0 saturated heterocycles. The van der Waals surface area contributed by atoms with Crippen molar-refractivity contribution in [3.05, 3.63) is 33.4 Å². The van der Waals surface area contributed by atoms with Crippen LogP contribution in [0.1, 0.15) is 19.0 Å². The Morgan fingerprint density at radius 3 is 3.00 bits per heavy atom. The van der Waals surface area contributed by atoms with Crippen LogP contribution in [0.25, 0.3) is 11.4 Å². The van der Waals surface area contributed by atoms with Gasteiger partial charge in [-0.3, -0.25) is 0 Å². The van der Waals surface area contributed by atoms with Crippen LogP contribution in [0.2, 0.25) is 0 Å². The lowest BCUT2D eigenvalue weighted by molar-refractivity contribution is 0.568. The van der Waals surface area contributed by atoms with Gasteiger partial charge in [-0.05, 0) is 28.4 Å². The summed E-state index contributed by atoms with van der Waals surface area (Å²) in [6.45, 7) is 2.13. The minimum Gasteiger partial charge on any atom is -0.472 e. The molecule has 0 fully saturated rings. The molecule has 3 nitrogen and oxygen atoms in total. The summed E-state index contributed by atoms with van der Waals surface area (Å²) in [4.78, 5) is 7.58. The number of nitrogens with one attached hydrogen (secondary N) is 1. The minimum atomic E-state index is 0.582. The van der Waals surface area contributed by atoms with Crippen LogP contribution in [0.5, 0.6) is 0 Å². The van der Waals surface area contributed by atoms with Gasteiger partial charge in [-0.25, -0.2) is 4.98 Å². The SMILES string of the molecule is CCCc1[nH]c(-c2ccoc2)nc(=S)c1Br. The predicted molar refractivity (Wildman–Crippen MR) is 68.8 cm³/mol. The Morgan fingerprint density at radius 2 is 2.38 bits per heavy atom. The summed E-state index contributed by atoms with van der Waals surface area (Å²) in [5, 5.41) is 0. The smallest absolute Gasteiger partial charge is 0.144 e. The highest BCUT2D eigenvalue weighted by Crippen LogP contribution is 2.22. The number of aromatic nitrogens is 2. The van der Waals surface area contributed by atoms with Crippen LogP contribution >= 0.6 is 28.1 Å². The molecule has 2 aromatic rings. The Kier molecular flexibility index (Phi) is 3.56. The summed E-state index contributed by atoms with van der Waals surface area (Å²) in [5.41, 5.74) is 2.00. The van der Waals surface area contributed by atoms with Crippen LogP contribution in [0.4, 0.5) is 0 Å². The van der Waals surface area contributed by atoms with Gasteiger partial charge in [0.25, 0.3) is 0 Å². The Hall–Kier alpha value is -0.940. The highest BCUT2D eigenvalue weighted by molar-refractivity contribution is 9.10. The summed E-state index contributed by atoms with van der Waals surface area (Å²) in [6, 6.07) is 1.86. The fourth-order valence-electron chi connectivity index (χ4n) is 1.46. The first-order valence-electron chi connectivity index (χ1n) is 5.03. The number of aryl methyl sites for hydroxylation is 1. The molecule has 0 aliphatic heterocycles. The predicted octanol–water partition coefficient (Wildman–Crippen LogP) is 4.11. The van der Waals surface area contributed by atoms with Gasteiger partial charge in [0.1, 0.15) is 16.7 Å². The van der Waals surface area contributed by atoms with E-state index in [1.54, 1.807) is 12.5 Å². The molecule has 0 aliphatic rings. The zero-order valence-electron chi connectivity index (χ0n) is 8.79. The molecule has 2 heterocycles. The molecule has 0 atom stereocenters. The Balaban J connectivity index is 2.53. The standard InChI is InChI=1S/C11H11BrN2OS/c1-2-3-8-9(12)11(16)14-10(13-8)7-4-5-15-6-7/h4-6H,2-3H2,1H3,(H,13,14,16). The van der Waals surface area contributed by atoms with Gasteiger partial charge in [0.2, 0.25) is 0 Å². The maximum absolute atomic E-state index is 5.21. The zero-order chi connectivity index (χ0) is 11.5. The van der Waals surface area contributed by atoms with Crippen LogP contribution in [0.15, 0.2) is 27.5 Å². The molecule has 0 unspecified atom stereocenters. The van der Waals surface area contributed by atoms with Gasteiger partial charge < -0.3 is 9.40 Å². The van der Waals surface area contributed by atoms with E-state index in [0.717, 1.165) is 34.4 Å². The number of aromatic amines is 1. The van der Waals surface area contributed by atoms with Crippen LogP contribution in [0.3, 0.4) is 0 Å². The Labute approximate surface area is 107 Å². The molecule has 1 N–H and O–H groups in total. The lowest BCUT2D eigenvalue weighted by Crippen LogP contribution is -1.97. The van der Waals surface area contributed by atoms with Crippen molar-refractivity contribution in [3.8, 4) is 11.4 Å². The maximum Gasteiger partial charge on any atom is 0.144 e. The molecule has 0 amide bonds. The van der Waals surface area contributed by atoms with Crippen molar-refractivity contribution in [1.29, 1.82) is 0 Å². The second-order valence-corrected chi connectivity index (χ2v) is 4.62. The van der Waals surface area contributed by atoms with Gasteiger partial charge in [0, 0.05) is 5.69 Å². The fraction of sp³-hybridized carbons (Fsp3) is 0.273.